The minimum absolute atomic E-state index is 0. The highest BCUT2D eigenvalue weighted by molar-refractivity contribution is 7.89. The number of hydrogen-bond donors (Lipinski definition) is 1. The molecule has 1 saturated heterocycles. The number of amides is 1. The Morgan fingerprint density at radius 3 is 2.57 bits per heavy atom. The van der Waals surface area contributed by atoms with Gasteiger partial charge in [-0.05, 0) is 36.0 Å². The van der Waals surface area contributed by atoms with Crippen LogP contribution in [0.3, 0.4) is 0 Å². The number of nitrogens with one attached hydrogen (secondary N) is 1. The van der Waals surface area contributed by atoms with E-state index in [2.05, 4.69) is 17.0 Å². The number of ether oxygens (including phenoxy) is 1. The second-order valence-electron chi connectivity index (χ2n) is 8.20. The van der Waals surface area contributed by atoms with Gasteiger partial charge in [0.2, 0.25) is 10.0 Å². The van der Waals surface area contributed by atoms with Gasteiger partial charge in [-0.3, -0.25) is 9.69 Å². The van der Waals surface area contributed by atoms with E-state index in [-0.39, 0.29) is 12.9 Å². The fraction of sp³-hybridized carbons (Fsp3) is 0.409. The van der Waals surface area contributed by atoms with Gasteiger partial charge in [0.25, 0.3) is 5.91 Å². The first kappa shape index (κ1) is 20.8. The molecule has 2 aromatic carbocycles. The maximum Gasteiger partial charge on any atom is 0.267 e. The Labute approximate surface area is 177 Å². The minimum Gasteiger partial charge on any atom is -0.493 e. The third-order valence-electron chi connectivity index (χ3n) is 5.40. The molecule has 2 fully saturated rings. The Kier molecular flexibility index (Phi) is 5.79. The molecule has 1 amide bonds. The highest BCUT2D eigenvalue weighted by Gasteiger charge is 2.31. The first-order valence-electron chi connectivity index (χ1n) is 10.0. The summed E-state index contributed by atoms with van der Waals surface area (Å²) in [7, 11) is -3.76. The molecule has 1 saturated carbocycles. The van der Waals surface area contributed by atoms with Crippen molar-refractivity contribution in [3.05, 3.63) is 65.0 Å². The Morgan fingerprint density at radius 2 is 1.93 bits per heavy atom. The van der Waals surface area contributed by atoms with Gasteiger partial charge in [0.15, 0.2) is 0 Å². The molecule has 1 heterocycles. The third kappa shape index (κ3) is 5.17. The van der Waals surface area contributed by atoms with Gasteiger partial charge in [-0.2, -0.15) is 0 Å². The van der Waals surface area contributed by atoms with Gasteiger partial charge in [-0.25, -0.2) is 17.5 Å². The van der Waals surface area contributed by atoms with E-state index in [0.29, 0.717) is 18.3 Å². The summed E-state index contributed by atoms with van der Waals surface area (Å²) in [6.45, 7) is 3.23. The number of carbonyl (C=O) groups excluding carboxylic acids is 1. The molecule has 0 spiro atoms. The normalized spacial score (nSPS) is 17.4. The summed E-state index contributed by atoms with van der Waals surface area (Å²) in [6, 6.07) is 12.9. The molecule has 6 nitrogen and oxygen atoms in total. The summed E-state index contributed by atoms with van der Waals surface area (Å²) in [5.41, 5.74) is 1.78. The van der Waals surface area contributed by atoms with Crippen molar-refractivity contribution < 1.29 is 23.8 Å². The number of carbonyl (C=O) groups is 1. The summed E-state index contributed by atoms with van der Waals surface area (Å²) < 4.78 is 44.9. The van der Waals surface area contributed by atoms with Gasteiger partial charge < -0.3 is 4.74 Å². The molecule has 2 aromatic rings. The van der Waals surface area contributed by atoms with Gasteiger partial charge in [0.1, 0.15) is 11.6 Å². The van der Waals surface area contributed by atoms with Crippen molar-refractivity contribution in [3.8, 4) is 5.75 Å². The van der Waals surface area contributed by atoms with Crippen molar-refractivity contribution in [2.24, 2.45) is 5.92 Å². The van der Waals surface area contributed by atoms with Gasteiger partial charge in [-0.1, -0.05) is 30.3 Å². The Hall–Kier alpha value is -2.45. The number of nitrogens with zero attached hydrogens (tertiary/aromatic N) is 1. The van der Waals surface area contributed by atoms with Crippen LogP contribution >= 0.6 is 0 Å². The van der Waals surface area contributed by atoms with E-state index in [4.69, 9.17) is 4.74 Å². The van der Waals surface area contributed by atoms with Gasteiger partial charge in [0, 0.05) is 33.0 Å². The summed E-state index contributed by atoms with van der Waals surface area (Å²) in [5, 5.41) is 0. The Bertz CT molecular complexity index is 1040. The molecule has 0 aromatic heterocycles. The summed E-state index contributed by atoms with van der Waals surface area (Å²) >= 11 is 0. The van der Waals surface area contributed by atoms with E-state index in [0.717, 1.165) is 44.3 Å². The van der Waals surface area contributed by atoms with Crippen LogP contribution in [-0.4, -0.2) is 45.2 Å². The monoisotopic (exact) mass is 434 g/mol. The fourth-order valence-corrected chi connectivity index (χ4v) is 4.21. The molecule has 162 valence electrons. The lowest BCUT2D eigenvalue weighted by Crippen LogP contribution is -2.48. The van der Waals surface area contributed by atoms with Crippen molar-refractivity contribution in [1.29, 1.82) is 0 Å². The molecule has 0 bridgehead atoms. The minimum atomic E-state index is -3.76. The topological polar surface area (TPSA) is 75.7 Å². The van der Waals surface area contributed by atoms with Gasteiger partial charge >= 0.3 is 0 Å². The molecule has 1 N–H and O–H groups in total. The number of sulfonamides is 1. The van der Waals surface area contributed by atoms with Gasteiger partial charge in [0.05, 0.1) is 18.4 Å². The molecular formula is C22H27FN2O4S. The second-order valence-corrected chi connectivity index (χ2v) is 9.95. The maximum absolute atomic E-state index is 14.5. The quantitative estimate of drug-likeness (QED) is 0.691. The van der Waals surface area contributed by atoms with Crippen LogP contribution in [0, 0.1) is 11.7 Å². The van der Waals surface area contributed by atoms with Crippen LogP contribution in [-0.2, 0) is 16.6 Å². The van der Waals surface area contributed by atoms with Crippen molar-refractivity contribution in [3.63, 3.8) is 0 Å². The first-order chi connectivity index (χ1) is 14.3. The van der Waals surface area contributed by atoms with Crippen LogP contribution in [0.2, 0.25) is 0 Å². The summed E-state index contributed by atoms with van der Waals surface area (Å²) in [4.78, 5) is 14.5. The van der Waals surface area contributed by atoms with Crippen LogP contribution in [0.1, 0.15) is 41.7 Å². The van der Waals surface area contributed by atoms with Crippen LogP contribution in [0.25, 0.3) is 0 Å². The molecule has 2 aliphatic rings. The number of likely N-dealkylation sites (tertiary alicyclic amines) is 1. The van der Waals surface area contributed by atoms with E-state index >= 15 is 0 Å². The molecule has 0 radical (unpaired) electrons. The zero-order valence-electron chi connectivity index (χ0n) is 16.8. The number of hydrogen-bond acceptors (Lipinski definition) is 5. The molecule has 8 heteroatoms. The number of rotatable bonds is 8. The molecule has 1 aliphatic carbocycles. The predicted molar refractivity (Wildman–Crippen MR) is 114 cm³/mol. The summed E-state index contributed by atoms with van der Waals surface area (Å²) in [5.74, 6) is -0.695. The van der Waals surface area contributed by atoms with E-state index in [1.165, 1.54) is 17.7 Å². The standard InChI is InChI=1S/C22H25FN2O4S.H2/c1-30(27,28)24-22(26)19-9-18(17-7-8-17)21(10-20(19)23)29-14-16-12-25(13-16)11-15-5-3-2-4-6-15;/h2-6,9-10,16-17H,7-8,11-14H2,1H3,(H,24,26);1H. The van der Waals surface area contributed by atoms with Gasteiger partial charge in [-0.15, -0.1) is 0 Å². The van der Waals surface area contributed by atoms with Crippen LogP contribution in [0.5, 0.6) is 5.75 Å². The second kappa shape index (κ2) is 8.35. The fourth-order valence-electron chi connectivity index (χ4n) is 3.77. The van der Waals surface area contributed by atoms with Crippen LogP contribution < -0.4 is 9.46 Å². The predicted octanol–water partition coefficient (Wildman–Crippen LogP) is 3.15. The average Bonchev–Trinajstić information content (AvgIpc) is 3.48. The van der Waals surface area contributed by atoms with Crippen LogP contribution in [0.15, 0.2) is 42.5 Å². The zero-order chi connectivity index (χ0) is 21.3. The maximum atomic E-state index is 14.5. The highest BCUT2D eigenvalue weighted by Crippen LogP contribution is 2.45. The molecule has 4 rings (SSSR count). The molecule has 1 aliphatic heterocycles. The number of benzene rings is 2. The average molecular weight is 435 g/mol. The lowest BCUT2D eigenvalue weighted by atomic mass is 10.00. The Balaban J connectivity index is 0.00000272. The van der Waals surface area contributed by atoms with Crippen molar-refractivity contribution >= 4 is 15.9 Å². The zero-order valence-corrected chi connectivity index (χ0v) is 17.6. The van der Waals surface area contributed by atoms with Crippen molar-refractivity contribution in [2.45, 2.75) is 25.3 Å². The molecular weight excluding hydrogens is 407 g/mol. The largest absolute Gasteiger partial charge is 0.493 e. The van der Waals surface area contributed by atoms with E-state index in [1.807, 2.05) is 22.9 Å². The lowest BCUT2D eigenvalue weighted by molar-refractivity contribution is 0.0554. The first-order valence-corrected chi connectivity index (χ1v) is 11.9. The SMILES string of the molecule is CS(=O)(=O)NC(=O)c1cc(C2CC2)c(OCC2CN(Cc3ccccc3)C2)cc1F.[HH]. The highest BCUT2D eigenvalue weighted by atomic mass is 32.2. The Morgan fingerprint density at radius 1 is 1.23 bits per heavy atom. The van der Waals surface area contributed by atoms with Crippen molar-refractivity contribution in [1.82, 2.24) is 9.62 Å². The summed E-state index contributed by atoms with van der Waals surface area (Å²) in [6.07, 6.45) is 2.76. The third-order valence-corrected chi connectivity index (χ3v) is 5.95. The van der Waals surface area contributed by atoms with Crippen molar-refractivity contribution in [2.75, 3.05) is 26.0 Å². The molecule has 0 atom stereocenters. The molecule has 30 heavy (non-hydrogen) atoms. The lowest BCUT2D eigenvalue weighted by Gasteiger charge is -2.39. The van der Waals surface area contributed by atoms with Crippen LogP contribution in [0.4, 0.5) is 4.39 Å². The van der Waals surface area contributed by atoms with E-state index in [9.17, 15) is 17.6 Å². The smallest absolute Gasteiger partial charge is 0.267 e. The molecule has 0 unspecified atom stereocenters. The van der Waals surface area contributed by atoms with E-state index in [1.54, 1.807) is 0 Å². The van der Waals surface area contributed by atoms with E-state index < -0.39 is 21.7 Å². The number of halogens is 1.